The topological polar surface area (TPSA) is 43.1 Å². The molecule has 0 atom stereocenters. The van der Waals surface area contributed by atoms with Crippen LogP contribution in [-0.2, 0) is 0 Å². The molecule has 0 saturated heterocycles. The molecular weight excluding hydrogens is 293 g/mol. The van der Waals surface area contributed by atoms with Gasteiger partial charge in [-0.2, -0.15) is 0 Å². The fraction of sp³-hybridized carbons (Fsp3) is 0. The molecule has 2 aromatic carbocycles. The lowest BCUT2D eigenvalue weighted by molar-refractivity contribution is 0.103. The van der Waals surface area contributed by atoms with Gasteiger partial charge in [0.2, 0.25) is 0 Å². The molecule has 0 unspecified atom stereocenters. The molecular formula is C13H8Cl3NO. The van der Waals surface area contributed by atoms with E-state index >= 15 is 0 Å². The highest BCUT2D eigenvalue weighted by Gasteiger charge is 2.17. The molecule has 2 nitrogen and oxygen atoms in total. The minimum Gasteiger partial charge on any atom is -0.397 e. The standard InChI is InChI=1S/C13H8Cl3NO/c14-7-4-5-10(15)9(6-7)13(18)8-2-1-3-11(16)12(8)17/h1-6H,17H2. The maximum atomic E-state index is 12.3. The number of anilines is 1. The molecule has 5 heteroatoms. The first-order valence-electron chi connectivity index (χ1n) is 5.04. The third kappa shape index (κ3) is 2.46. The van der Waals surface area contributed by atoms with Crippen molar-refractivity contribution in [2.45, 2.75) is 0 Å². The van der Waals surface area contributed by atoms with E-state index in [1.165, 1.54) is 6.07 Å². The van der Waals surface area contributed by atoms with Crippen molar-refractivity contribution in [1.29, 1.82) is 0 Å². The quantitative estimate of drug-likeness (QED) is 0.657. The second-order valence-corrected chi connectivity index (χ2v) is 4.91. The summed E-state index contributed by atoms with van der Waals surface area (Å²) >= 11 is 17.7. The van der Waals surface area contributed by atoms with Crippen LogP contribution < -0.4 is 5.73 Å². The smallest absolute Gasteiger partial charge is 0.196 e. The molecule has 0 spiro atoms. The third-order valence-electron chi connectivity index (χ3n) is 2.47. The Balaban J connectivity index is 2.55. The molecule has 0 heterocycles. The monoisotopic (exact) mass is 299 g/mol. The van der Waals surface area contributed by atoms with E-state index < -0.39 is 0 Å². The van der Waals surface area contributed by atoms with E-state index in [0.29, 0.717) is 26.2 Å². The Morgan fingerprint density at radius 2 is 1.67 bits per heavy atom. The van der Waals surface area contributed by atoms with Gasteiger partial charge in [0.1, 0.15) is 0 Å². The molecule has 0 aliphatic heterocycles. The van der Waals surface area contributed by atoms with Crippen LogP contribution in [0.1, 0.15) is 15.9 Å². The zero-order chi connectivity index (χ0) is 13.3. The first-order chi connectivity index (χ1) is 8.50. The molecule has 2 N–H and O–H groups in total. The number of hydrogen-bond donors (Lipinski definition) is 1. The van der Waals surface area contributed by atoms with Crippen LogP contribution in [0.5, 0.6) is 0 Å². The zero-order valence-electron chi connectivity index (χ0n) is 9.08. The van der Waals surface area contributed by atoms with E-state index in [1.54, 1.807) is 30.3 Å². The molecule has 0 fully saturated rings. The van der Waals surface area contributed by atoms with Gasteiger partial charge in [-0.3, -0.25) is 4.79 Å². The molecule has 0 radical (unpaired) electrons. The van der Waals surface area contributed by atoms with Crippen LogP contribution in [0, 0.1) is 0 Å². The van der Waals surface area contributed by atoms with Crippen molar-refractivity contribution in [2.24, 2.45) is 0 Å². The summed E-state index contributed by atoms with van der Waals surface area (Å²) < 4.78 is 0. The predicted molar refractivity (Wildman–Crippen MR) is 75.8 cm³/mol. The number of hydrogen-bond acceptors (Lipinski definition) is 2. The lowest BCUT2D eigenvalue weighted by atomic mass is 10.0. The fourth-order valence-corrected chi connectivity index (χ4v) is 2.10. The summed E-state index contributed by atoms with van der Waals surface area (Å²) in [5.41, 5.74) is 6.63. The summed E-state index contributed by atoms with van der Waals surface area (Å²) in [6.45, 7) is 0. The Labute approximate surface area is 119 Å². The van der Waals surface area contributed by atoms with Gasteiger partial charge in [-0.05, 0) is 30.3 Å². The average molecular weight is 301 g/mol. The van der Waals surface area contributed by atoms with Gasteiger partial charge in [-0.25, -0.2) is 0 Å². The van der Waals surface area contributed by atoms with Gasteiger partial charge in [0, 0.05) is 16.1 Å². The number of carbonyl (C=O) groups is 1. The van der Waals surface area contributed by atoms with Crippen LogP contribution in [0.15, 0.2) is 36.4 Å². The summed E-state index contributed by atoms with van der Waals surface area (Å²) in [5.74, 6) is -0.303. The van der Waals surface area contributed by atoms with Crippen molar-refractivity contribution in [2.75, 3.05) is 5.73 Å². The second kappa shape index (κ2) is 5.19. The lowest BCUT2D eigenvalue weighted by Gasteiger charge is -2.08. The molecule has 0 aliphatic carbocycles. The fourth-order valence-electron chi connectivity index (χ4n) is 1.55. The first kappa shape index (κ1) is 13.2. The first-order valence-corrected chi connectivity index (χ1v) is 6.18. The van der Waals surface area contributed by atoms with Crippen molar-refractivity contribution in [3.8, 4) is 0 Å². The van der Waals surface area contributed by atoms with E-state index in [0.717, 1.165) is 0 Å². The second-order valence-electron chi connectivity index (χ2n) is 3.65. The van der Waals surface area contributed by atoms with Gasteiger partial charge >= 0.3 is 0 Å². The molecule has 0 aliphatic rings. The van der Waals surface area contributed by atoms with Crippen molar-refractivity contribution in [3.63, 3.8) is 0 Å². The van der Waals surface area contributed by atoms with Gasteiger partial charge in [-0.1, -0.05) is 40.9 Å². The summed E-state index contributed by atoms with van der Waals surface area (Å²) in [6.07, 6.45) is 0. The van der Waals surface area contributed by atoms with Gasteiger partial charge < -0.3 is 5.73 Å². The number of para-hydroxylation sites is 1. The lowest BCUT2D eigenvalue weighted by Crippen LogP contribution is -2.06. The van der Waals surface area contributed by atoms with Crippen LogP contribution in [0.4, 0.5) is 5.69 Å². The normalized spacial score (nSPS) is 10.4. The number of carbonyl (C=O) groups excluding carboxylic acids is 1. The number of halogens is 3. The number of ketones is 1. The van der Waals surface area contributed by atoms with Crippen LogP contribution in [-0.4, -0.2) is 5.78 Å². The zero-order valence-corrected chi connectivity index (χ0v) is 11.4. The molecule has 0 aromatic heterocycles. The van der Waals surface area contributed by atoms with Gasteiger partial charge in [0.15, 0.2) is 5.78 Å². The minimum absolute atomic E-state index is 0.236. The molecule has 0 saturated carbocycles. The van der Waals surface area contributed by atoms with Crippen molar-refractivity contribution in [1.82, 2.24) is 0 Å². The van der Waals surface area contributed by atoms with E-state index in [9.17, 15) is 4.79 Å². The Bertz CT molecular complexity index is 622. The number of rotatable bonds is 2. The van der Waals surface area contributed by atoms with E-state index in [2.05, 4.69) is 0 Å². The average Bonchev–Trinajstić information content (AvgIpc) is 2.35. The van der Waals surface area contributed by atoms with Gasteiger partial charge in [-0.15, -0.1) is 0 Å². The Kier molecular flexibility index (Phi) is 3.81. The Morgan fingerprint density at radius 1 is 0.944 bits per heavy atom. The largest absolute Gasteiger partial charge is 0.397 e. The number of nitrogens with two attached hydrogens (primary N) is 1. The number of nitrogen functional groups attached to an aromatic ring is 1. The van der Waals surface area contributed by atoms with E-state index in [-0.39, 0.29) is 11.5 Å². The highest BCUT2D eigenvalue weighted by molar-refractivity contribution is 6.38. The molecule has 92 valence electrons. The van der Waals surface area contributed by atoms with Crippen LogP contribution in [0.2, 0.25) is 15.1 Å². The molecule has 0 amide bonds. The third-order valence-corrected chi connectivity index (χ3v) is 3.36. The van der Waals surface area contributed by atoms with Crippen LogP contribution >= 0.6 is 34.8 Å². The van der Waals surface area contributed by atoms with Gasteiger partial charge in [0.05, 0.1) is 15.7 Å². The summed E-state index contributed by atoms with van der Waals surface area (Å²) in [6, 6.07) is 9.56. The van der Waals surface area contributed by atoms with Gasteiger partial charge in [0.25, 0.3) is 0 Å². The van der Waals surface area contributed by atoms with Crippen molar-refractivity contribution in [3.05, 3.63) is 62.6 Å². The minimum atomic E-state index is -0.303. The van der Waals surface area contributed by atoms with Crippen molar-refractivity contribution < 1.29 is 4.79 Å². The Morgan fingerprint density at radius 3 is 2.39 bits per heavy atom. The summed E-state index contributed by atoms with van der Waals surface area (Å²) in [5, 5.41) is 1.09. The van der Waals surface area contributed by atoms with Crippen LogP contribution in [0.25, 0.3) is 0 Å². The summed E-state index contributed by atoms with van der Waals surface area (Å²) in [7, 11) is 0. The van der Waals surface area contributed by atoms with E-state index in [1.807, 2.05) is 0 Å². The van der Waals surface area contributed by atoms with Crippen molar-refractivity contribution >= 4 is 46.3 Å². The molecule has 2 aromatic rings. The molecule has 0 bridgehead atoms. The number of benzene rings is 2. The highest BCUT2D eigenvalue weighted by Crippen LogP contribution is 2.28. The summed E-state index contributed by atoms with van der Waals surface area (Å²) in [4.78, 5) is 12.3. The van der Waals surface area contributed by atoms with E-state index in [4.69, 9.17) is 40.5 Å². The Hall–Kier alpha value is -1.22. The molecule has 2 rings (SSSR count). The maximum absolute atomic E-state index is 12.3. The molecule has 18 heavy (non-hydrogen) atoms. The predicted octanol–water partition coefficient (Wildman–Crippen LogP) is 4.46. The highest BCUT2D eigenvalue weighted by atomic mass is 35.5. The SMILES string of the molecule is Nc1c(Cl)cccc1C(=O)c1cc(Cl)ccc1Cl. The maximum Gasteiger partial charge on any atom is 0.196 e. The van der Waals surface area contributed by atoms with Crippen LogP contribution in [0.3, 0.4) is 0 Å².